The number of nitrogens with zero attached hydrogens (tertiary/aromatic N) is 6. The van der Waals surface area contributed by atoms with E-state index in [0.29, 0.717) is 41.5 Å². The number of anilines is 2. The van der Waals surface area contributed by atoms with Crippen LogP contribution in [0, 0.1) is 22.6 Å². The number of benzene rings is 3. The number of carbonyl (C=O) groups is 4. The smallest absolute Gasteiger partial charge is 0.420 e. The van der Waals surface area contributed by atoms with E-state index in [1.165, 1.54) is 35.9 Å². The van der Waals surface area contributed by atoms with E-state index in [-0.39, 0.29) is 30.5 Å². The molecule has 0 unspecified atom stereocenters. The van der Waals surface area contributed by atoms with Crippen molar-refractivity contribution in [1.82, 2.24) is 20.5 Å². The maximum Gasteiger partial charge on any atom is 0.420 e. The summed E-state index contributed by atoms with van der Waals surface area (Å²) in [5, 5.41) is 25.3. The molecule has 398 valence electrons. The van der Waals surface area contributed by atoms with Crippen LogP contribution in [0.25, 0.3) is 0 Å². The molecule has 2 fully saturated rings. The molecule has 15 nitrogen and oxygen atoms in total. The van der Waals surface area contributed by atoms with Gasteiger partial charge in [-0.15, -0.1) is 11.8 Å². The molecule has 2 saturated heterocycles. The van der Waals surface area contributed by atoms with Crippen molar-refractivity contribution >= 4 is 69.6 Å². The van der Waals surface area contributed by atoms with Gasteiger partial charge in [0.15, 0.2) is 10.9 Å². The van der Waals surface area contributed by atoms with E-state index >= 15 is 4.39 Å². The molecule has 3 N–H and O–H groups in total. The number of aliphatic hydroxyl groups excluding tert-OH is 1. The number of allylic oxidation sites excluding steroid dienone is 1. The highest BCUT2D eigenvalue weighted by molar-refractivity contribution is 8.11. The number of ether oxygens (including phenoxy) is 2. The minimum absolute atomic E-state index is 0.0467. The second kappa shape index (κ2) is 24.6. The molecule has 6 rings (SSSR count). The molecule has 21 heteroatoms. The van der Waals surface area contributed by atoms with Crippen LogP contribution in [0.2, 0.25) is 0 Å². The third-order valence-electron chi connectivity index (χ3n) is 12.4. The topological polar surface area (TPSA) is 190 Å². The molecule has 0 bridgehead atoms. The normalized spacial score (nSPS) is 17.0. The van der Waals surface area contributed by atoms with Crippen LogP contribution in [0.1, 0.15) is 106 Å². The molecule has 3 heterocycles. The molecule has 2 aliphatic heterocycles. The fourth-order valence-electron chi connectivity index (χ4n) is 8.42. The van der Waals surface area contributed by atoms with Crippen molar-refractivity contribution in [2.24, 2.45) is 10.4 Å². The Kier molecular flexibility index (Phi) is 18.9. The Morgan fingerprint density at radius 1 is 1.00 bits per heavy atom. The van der Waals surface area contributed by atoms with E-state index in [2.05, 4.69) is 27.2 Å². The van der Waals surface area contributed by atoms with Crippen LogP contribution < -0.4 is 29.9 Å². The first kappa shape index (κ1) is 57.4. The van der Waals surface area contributed by atoms with Crippen molar-refractivity contribution < 1.29 is 51.3 Å². The third kappa shape index (κ3) is 14.3. The van der Waals surface area contributed by atoms with Gasteiger partial charge in [-0.25, -0.2) is 9.37 Å². The molecular weight excluding hydrogens is 1010 g/mol. The van der Waals surface area contributed by atoms with Crippen molar-refractivity contribution in [3.8, 4) is 17.7 Å². The maximum atomic E-state index is 15.4. The monoisotopic (exact) mass is 1070 g/mol. The molecule has 0 saturated carbocycles. The second-order valence-electron chi connectivity index (χ2n) is 19.7. The zero-order valence-corrected chi connectivity index (χ0v) is 44.1. The summed E-state index contributed by atoms with van der Waals surface area (Å²) >= 11 is 7.05. The summed E-state index contributed by atoms with van der Waals surface area (Å²) in [5.41, 5.74) is -0.535. The first-order valence-electron chi connectivity index (χ1n) is 24.2. The summed E-state index contributed by atoms with van der Waals surface area (Å²) in [6.07, 6.45) is -1.57. The van der Waals surface area contributed by atoms with Crippen molar-refractivity contribution in [3.05, 3.63) is 125 Å². The molecule has 0 aliphatic carbocycles. The fourth-order valence-corrected chi connectivity index (χ4v) is 9.65. The van der Waals surface area contributed by atoms with Crippen LogP contribution in [0.15, 0.2) is 96.3 Å². The number of carbonyl (C=O) groups excluding carboxylic acids is 4. The average Bonchev–Trinajstić information content (AvgIpc) is 3.83. The number of aromatic nitrogens is 1. The quantitative estimate of drug-likeness (QED) is 0.0236. The zero-order chi connectivity index (χ0) is 54.8. The highest BCUT2D eigenvalue weighted by Crippen LogP contribution is 2.42. The summed E-state index contributed by atoms with van der Waals surface area (Å²) < 4.78 is 68.3. The number of unbranched alkanes of at least 4 members (excludes halogenated alkanes) is 3. The van der Waals surface area contributed by atoms with Gasteiger partial charge in [0, 0.05) is 42.6 Å². The minimum atomic E-state index is -5.20. The highest BCUT2D eigenvalue weighted by atomic mass is 32.2. The lowest BCUT2D eigenvalue weighted by atomic mass is 9.85. The van der Waals surface area contributed by atoms with Gasteiger partial charge in [0.05, 0.1) is 54.1 Å². The lowest BCUT2D eigenvalue weighted by Crippen LogP contribution is -2.57. The van der Waals surface area contributed by atoms with Gasteiger partial charge in [0.25, 0.3) is 11.8 Å². The lowest BCUT2D eigenvalue weighted by Gasteiger charge is -2.35. The number of halogens is 4. The Labute approximate surface area is 443 Å². The number of hydrogen-bond acceptors (Lipinski definition) is 12. The van der Waals surface area contributed by atoms with Gasteiger partial charge >= 0.3 is 6.18 Å². The number of hydrogen-bond donors (Lipinski definition) is 3. The zero-order valence-electron chi connectivity index (χ0n) is 42.5. The second-order valence-corrected chi connectivity index (χ2v) is 20.9. The maximum absolute atomic E-state index is 15.4. The number of aliphatic hydroxyl groups is 1. The van der Waals surface area contributed by atoms with Gasteiger partial charge in [-0.1, -0.05) is 51.6 Å². The van der Waals surface area contributed by atoms with Gasteiger partial charge in [0.1, 0.15) is 28.9 Å². The molecule has 0 radical (unpaired) electrons. The number of alkyl halides is 3. The van der Waals surface area contributed by atoms with Crippen molar-refractivity contribution in [1.29, 1.82) is 5.26 Å². The Hall–Kier alpha value is -6.89. The molecule has 3 aromatic carbocycles. The summed E-state index contributed by atoms with van der Waals surface area (Å²) in [4.78, 5) is 66.6. The molecule has 75 heavy (non-hydrogen) atoms. The number of rotatable bonds is 21. The SMILES string of the molecule is C=C(C)N=CSCc1ccc(CNC(=O)[C@@H]2C[C@@H](O)CN2C(=O)[C@@H](NC(=O)c2ccc(OCCCCCCOc3ccc(N4C(=S)N(c5ccc(C#N)c(C(F)(F)F)c5F)C(=O)C4(C)C)cn3)cc2)C(C)(C)C)cc1. The number of β-amino-alcohol motifs (C(OH)–C–C–N with tert-alkyl or cyclic N) is 1. The van der Waals surface area contributed by atoms with Gasteiger partial charge in [-0.3, -0.25) is 29.1 Å². The van der Waals surface area contributed by atoms with Crippen molar-refractivity contribution in [2.75, 3.05) is 29.6 Å². The molecule has 2 aliphatic rings. The third-order valence-corrected chi connectivity index (χ3v) is 13.5. The highest BCUT2D eigenvalue weighted by Gasteiger charge is 2.52. The largest absolute Gasteiger partial charge is 0.494 e. The number of thioether (sulfide) groups is 1. The van der Waals surface area contributed by atoms with Crippen molar-refractivity contribution in [2.45, 2.75) is 116 Å². The molecule has 0 spiro atoms. The van der Waals surface area contributed by atoms with Crippen LogP contribution in [-0.2, 0) is 32.9 Å². The van der Waals surface area contributed by atoms with Gasteiger partial charge in [-0.2, -0.15) is 18.4 Å². The van der Waals surface area contributed by atoms with Crippen LogP contribution in [0.5, 0.6) is 11.6 Å². The molecular formula is C54H60F4N8O7S2. The van der Waals surface area contributed by atoms with Crippen molar-refractivity contribution in [3.63, 3.8) is 0 Å². The number of pyridine rings is 1. The van der Waals surface area contributed by atoms with E-state index in [4.69, 9.17) is 27.0 Å². The number of aliphatic imine (C=N–C) groups is 1. The summed E-state index contributed by atoms with van der Waals surface area (Å²) in [6.45, 7) is 15.0. The van der Waals surface area contributed by atoms with Gasteiger partial charge in [0.2, 0.25) is 17.7 Å². The molecule has 4 aromatic rings. The van der Waals surface area contributed by atoms with Crippen LogP contribution in [-0.4, -0.2) is 92.8 Å². The predicted molar refractivity (Wildman–Crippen MR) is 283 cm³/mol. The van der Waals surface area contributed by atoms with E-state index in [1.807, 2.05) is 52.0 Å². The predicted octanol–water partition coefficient (Wildman–Crippen LogP) is 9.26. The van der Waals surface area contributed by atoms with Crippen LogP contribution in [0.3, 0.4) is 0 Å². The number of amides is 4. The number of likely N-dealkylation sites (tertiary alicyclic amines) is 1. The Morgan fingerprint density at radius 3 is 2.25 bits per heavy atom. The number of nitrogens with one attached hydrogen (secondary N) is 2. The Balaban J connectivity index is 0.920. The number of thiocarbonyl (C=S) groups is 1. The number of nitriles is 1. The molecule has 4 amide bonds. The summed E-state index contributed by atoms with van der Waals surface area (Å²) in [5.74, 6) is -2.34. The summed E-state index contributed by atoms with van der Waals surface area (Å²) in [7, 11) is 0. The van der Waals surface area contributed by atoms with E-state index in [9.17, 15) is 37.5 Å². The lowest BCUT2D eigenvalue weighted by molar-refractivity contribution is -0.142. The van der Waals surface area contributed by atoms with Crippen LogP contribution in [0.4, 0.5) is 28.9 Å². The van der Waals surface area contributed by atoms with Gasteiger partial charge in [-0.05, 0) is 118 Å². The summed E-state index contributed by atoms with van der Waals surface area (Å²) in [6, 6.07) is 18.6. The van der Waals surface area contributed by atoms with Gasteiger partial charge < -0.3 is 35.0 Å². The fraction of sp³-hybridized carbons (Fsp3) is 0.407. The average molecular weight is 1070 g/mol. The first-order valence-corrected chi connectivity index (χ1v) is 25.6. The molecule has 1 aromatic heterocycles. The standard InChI is InChI=1S/C54H60F4N8O7S2/c1-33(2)62-32-75-31-35-14-12-34(13-15-35)28-61-48(69)42-26-39(67)30-64(42)49(70)46(52(3,4)5)63-47(68)36-16-20-40(21-17-36)72-24-10-8-9-11-25-73-43-23-19-38(29-60-43)66-51(74)65(50(71)53(66,6)7)41-22-18-37(27-59)44(45(41)55)54(56,57)58/h12-23,29,32,39,42,46,67H,1,8-11,24-26,28,30-31H2,2-7H3,(H,61,69)(H,63,68)/t39-,42+,46-/m1/s1. The Bertz CT molecular complexity index is 2820. The molecule has 3 atom stereocenters. The van der Waals surface area contributed by atoms with E-state index in [1.54, 1.807) is 53.7 Å². The minimum Gasteiger partial charge on any atom is -0.494 e. The van der Waals surface area contributed by atoms with Crippen LogP contribution >= 0.6 is 24.0 Å². The van der Waals surface area contributed by atoms with E-state index < -0.39 is 81.6 Å². The van der Waals surface area contributed by atoms with E-state index in [0.717, 1.165) is 54.0 Å². The first-order chi connectivity index (χ1) is 35.4. The Morgan fingerprint density at radius 2 is 1.65 bits per heavy atom.